The predicted molar refractivity (Wildman–Crippen MR) is 89.5 cm³/mol. The van der Waals surface area contributed by atoms with Gasteiger partial charge in [0.1, 0.15) is 5.02 Å². The van der Waals surface area contributed by atoms with Crippen LogP contribution in [-0.2, 0) is 23.0 Å². The largest absolute Gasteiger partial charge is 0.355 e. The summed E-state index contributed by atoms with van der Waals surface area (Å²) in [5.41, 5.74) is 3.00. The van der Waals surface area contributed by atoms with E-state index in [9.17, 15) is 8.42 Å². The molecule has 0 saturated carbocycles. The first-order valence-corrected chi connectivity index (χ1v) is 9.15. The fourth-order valence-electron chi connectivity index (χ4n) is 2.77. The first-order valence-electron chi connectivity index (χ1n) is 7.29. The minimum absolute atomic E-state index is 0.164. The lowest BCUT2D eigenvalue weighted by molar-refractivity contribution is 0.456. The molecule has 0 bridgehead atoms. The summed E-state index contributed by atoms with van der Waals surface area (Å²) < 4.78 is 32.9. The molecular formula is C15H13ClN4O3S. The van der Waals surface area contributed by atoms with Gasteiger partial charge in [0.15, 0.2) is 10.6 Å². The number of sulfonamides is 1. The van der Waals surface area contributed by atoms with Gasteiger partial charge in [-0.2, -0.15) is 8.42 Å². The second kappa shape index (κ2) is 5.73. The number of rotatable bonds is 3. The van der Waals surface area contributed by atoms with Gasteiger partial charge in [0.05, 0.1) is 17.8 Å². The molecule has 0 atom stereocenters. The molecule has 1 aliphatic rings. The molecular weight excluding hydrogens is 352 g/mol. The van der Waals surface area contributed by atoms with E-state index < -0.39 is 10.0 Å². The Morgan fingerprint density at radius 3 is 3.00 bits per heavy atom. The summed E-state index contributed by atoms with van der Waals surface area (Å²) in [6.07, 6.45) is 3.39. The third kappa shape index (κ3) is 2.62. The van der Waals surface area contributed by atoms with Gasteiger partial charge < -0.3 is 9.84 Å². The second-order valence-corrected chi connectivity index (χ2v) is 7.50. The van der Waals surface area contributed by atoms with Crippen LogP contribution < -0.4 is 10.0 Å². The van der Waals surface area contributed by atoms with E-state index in [0.717, 1.165) is 25.1 Å². The van der Waals surface area contributed by atoms with E-state index in [1.807, 2.05) is 12.1 Å². The smallest absolute Gasteiger partial charge is 0.280 e. The summed E-state index contributed by atoms with van der Waals surface area (Å²) in [4.78, 5) is 3.94. The third-order valence-corrected chi connectivity index (χ3v) is 5.52. The number of nitrogens with zero attached hydrogens (tertiary/aromatic N) is 2. The van der Waals surface area contributed by atoms with Gasteiger partial charge in [-0.25, -0.2) is 4.98 Å². The van der Waals surface area contributed by atoms with Crippen LogP contribution >= 0.6 is 11.6 Å². The minimum Gasteiger partial charge on any atom is -0.355 e. The second-order valence-electron chi connectivity index (χ2n) is 5.50. The molecule has 1 aromatic carbocycles. The molecule has 0 fully saturated rings. The fraction of sp³-hybridized carbons (Fsp3) is 0.200. The van der Waals surface area contributed by atoms with Crippen molar-refractivity contribution in [1.82, 2.24) is 15.5 Å². The lowest BCUT2D eigenvalue weighted by Gasteiger charge is -2.18. The summed E-state index contributed by atoms with van der Waals surface area (Å²) in [5.74, 6) is 0. The number of halogens is 1. The third-order valence-electron chi connectivity index (χ3n) is 3.91. The zero-order valence-electron chi connectivity index (χ0n) is 12.4. The highest BCUT2D eigenvalue weighted by molar-refractivity contribution is 7.92. The van der Waals surface area contributed by atoms with E-state index in [1.54, 1.807) is 6.07 Å². The quantitative estimate of drug-likeness (QED) is 0.740. The van der Waals surface area contributed by atoms with Crippen LogP contribution in [0.1, 0.15) is 11.1 Å². The Morgan fingerprint density at radius 2 is 2.12 bits per heavy atom. The highest BCUT2D eigenvalue weighted by atomic mass is 35.5. The molecule has 3 aromatic rings. The maximum Gasteiger partial charge on any atom is 0.280 e. The van der Waals surface area contributed by atoms with E-state index in [2.05, 4.69) is 20.2 Å². The Bertz CT molecular complexity index is 1030. The van der Waals surface area contributed by atoms with Gasteiger partial charge in [0.2, 0.25) is 0 Å². The number of pyridine rings is 1. The average molecular weight is 365 g/mol. The zero-order chi connectivity index (χ0) is 16.7. The molecule has 9 heteroatoms. The van der Waals surface area contributed by atoms with E-state index in [4.69, 9.17) is 16.1 Å². The molecule has 2 aromatic heterocycles. The van der Waals surface area contributed by atoms with Crippen molar-refractivity contribution < 1.29 is 12.9 Å². The lowest BCUT2D eigenvalue weighted by Crippen LogP contribution is -2.23. The molecule has 0 amide bonds. The van der Waals surface area contributed by atoms with Gasteiger partial charge in [0.25, 0.3) is 10.0 Å². The number of hydrogen-bond acceptors (Lipinski definition) is 6. The van der Waals surface area contributed by atoms with Crippen molar-refractivity contribution >= 4 is 38.3 Å². The van der Waals surface area contributed by atoms with Crippen molar-refractivity contribution in [2.45, 2.75) is 18.0 Å². The van der Waals surface area contributed by atoms with Crippen LogP contribution in [0.4, 0.5) is 5.69 Å². The van der Waals surface area contributed by atoms with Gasteiger partial charge in [-0.3, -0.25) is 4.72 Å². The molecule has 4 rings (SSSR count). The van der Waals surface area contributed by atoms with E-state index in [0.29, 0.717) is 5.69 Å². The topological polar surface area (TPSA) is 97.1 Å². The van der Waals surface area contributed by atoms with Crippen LogP contribution in [0.2, 0.25) is 5.02 Å². The Hall–Kier alpha value is -2.16. The van der Waals surface area contributed by atoms with Crippen LogP contribution in [-0.4, -0.2) is 25.1 Å². The van der Waals surface area contributed by atoms with Gasteiger partial charge in [-0.15, -0.1) is 0 Å². The van der Waals surface area contributed by atoms with E-state index in [1.165, 1.54) is 18.0 Å². The molecule has 0 saturated heterocycles. The number of hydrogen-bond donors (Lipinski definition) is 2. The number of anilines is 1. The predicted octanol–water partition coefficient (Wildman–Crippen LogP) is 2.32. The number of benzene rings is 1. The minimum atomic E-state index is -3.89. The molecule has 2 N–H and O–H groups in total. The first kappa shape index (κ1) is 15.4. The zero-order valence-corrected chi connectivity index (χ0v) is 14.0. The van der Waals surface area contributed by atoms with Crippen molar-refractivity contribution in [2.24, 2.45) is 0 Å². The Balaban J connectivity index is 1.73. The number of fused-ring (bicyclic) bond motifs is 2. The summed E-state index contributed by atoms with van der Waals surface area (Å²) in [5, 5.41) is 7.17. The van der Waals surface area contributed by atoms with Crippen molar-refractivity contribution in [1.29, 1.82) is 0 Å². The maximum atomic E-state index is 12.7. The standard InChI is InChI=1S/C15H13ClN4O3S/c16-13-8-18-15(12-7-19-23-14(12)13)24(21,22)20-11-2-1-10-6-17-4-3-9(10)5-11/h1-2,5,7-8,17,20H,3-4,6H2. The normalized spacial score (nSPS) is 14.5. The Kier molecular flexibility index (Phi) is 3.67. The highest BCUT2D eigenvalue weighted by Gasteiger charge is 2.23. The van der Waals surface area contributed by atoms with Crippen molar-refractivity contribution in [3.8, 4) is 0 Å². The van der Waals surface area contributed by atoms with E-state index in [-0.39, 0.29) is 21.0 Å². The van der Waals surface area contributed by atoms with Crippen molar-refractivity contribution in [3.05, 3.63) is 46.7 Å². The first-order chi connectivity index (χ1) is 11.5. The van der Waals surface area contributed by atoms with Gasteiger partial charge in [-0.05, 0) is 36.2 Å². The van der Waals surface area contributed by atoms with Gasteiger partial charge in [-0.1, -0.05) is 22.8 Å². The molecule has 24 heavy (non-hydrogen) atoms. The molecule has 0 radical (unpaired) electrons. The van der Waals surface area contributed by atoms with Crippen LogP contribution in [0.5, 0.6) is 0 Å². The maximum absolute atomic E-state index is 12.7. The molecule has 0 spiro atoms. The summed E-state index contributed by atoms with van der Waals surface area (Å²) in [7, 11) is -3.89. The lowest BCUT2D eigenvalue weighted by atomic mass is 10.0. The van der Waals surface area contributed by atoms with Gasteiger partial charge >= 0.3 is 0 Å². The Labute approximate surface area is 143 Å². The number of aromatic nitrogens is 2. The highest BCUT2D eigenvalue weighted by Crippen LogP contribution is 2.28. The van der Waals surface area contributed by atoms with Crippen LogP contribution in [0.25, 0.3) is 11.0 Å². The van der Waals surface area contributed by atoms with Crippen molar-refractivity contribution in [2.75, 3.05) is 11.3 Å². The van der Waals surface area contributed by atoms with Crippen LogP contribution in [0.3, 0.4) is 0 Å². The molecule has 7 nitrogen and oxygen atoms in total. The molecule has 3 heterocycles. The molecule has 0 aliphatic carbocycles. The molecule has 124 valence electrons. The number of nitrogens with one attached hydrogen (secondary N) is 2. The van der Waals surface area contributed by atoms with Crippen LogP contribution in [0, 0.1) is 0 Å². The summed E-state index contributed by atoms with van der Waals surface area (Å²) >= 11 is 5.94. The molecule has 0 unspecified atom stereocenters. The van der Waals surface area contributed by atoms with Crippen LogP contribution in [0.15, 0.2) is 40.1 Å². The average Bonchev–Trinajstić information content (AvgIpc) is 3.05. The summed E-state index contributed by atoms with van der Waals surface area (Å²) in [6.45, 7) is 1.67. The van der Waals surface area contributed by atoms with Gasteiger partial charge in [0, 0.05) is 12.2 Å². The fourth-order valence-corrected chi connectivity index (χ4v) is 4.11. The van der Waals surface area contributed by atoms with E-state index >= 15 is 0 Å². The monoisotopic (exact) mass is 364 g/mol. The van der Waals surface area contributed by atoms with Crippen molar-refractivity contribution in [3.63, 3.8) is 0 Å². The SMILES string of the molecule is O=S(=O)(Nc1ccc2c(c1)CCNC2)c1ncc(Cl)c2oncc12. The Morgan fingerprint density at radius 1 is 1.25 bits per heavy atom. The summed E-state index contributed by atoms with van der Waals surface area (Å²) in [6, 6.07) is 5.52. The molecule has 1 aliphatic heterocycles.